The van der Waals surface area contributed by atoms with Crippen LogP contribution < -0.4 is 5.14 Å². The molecule has 1 aromatic carbocycles. The first-order valence-electron chi connectivity index (χ1n) is 7.57. The van der Waals surface area contributed by atoms with E-state index in [9.17, 15) is 8.42 Å². The summed E-state index contributed by atoms with van der Waals surface area (Å²) in [5.74, 6) is 0. The number of halogens is 2. The number of pyridine rings is 1. The molecular formula is C16H17Cl2N3O2S. The Morgan fingerprint density at radius 2 is 1.96 bits per heavy atom. The molecule has 0 aliphatic carbocycles. The lowest BCUT2D eigenvalue weighted by Gasteiger charge is -2.32. The van der Waals surface area contributed by atoms with Gasteiger partial charge in [-0.05, 0) is 31.0 Å². The molecule has 8 heteroatoms. The minimum Gasteiger partial charge on any atom is -0.259 e. The van der Waals surface area contributed by atoms with Crippen LogP contribution in [0.15, 0.2) is 36.5 Å². The predicted octanol–water partition coefficient (Wildman–Crippen LogP) is 3.79. The number of nitrogens with two attached hydrogens (primary N) is 1. The Bertz CT molecular complexity index is 841. The molecule has 5 nitrogen and oxygen atoms in total. The lowest BCUT2D eigenvalue weighted by Crippen LogP contribution is -2.42. The molecule has 1 saturated heterocycles. The number of nitrogens with zero attached hydrogens (tertiary/aromatic N) is 2. The maximum Gasteiger partial charge on any atom is 0.277 e. The molecule has 1 aliphatic rings. The third-order valence-electron chi connectivity index (χ3n) is 4.15. The third kappa shape index (κ3) is 3.73. The number of hydrogen-bond donors (Lipinski definition) is 1. The molecule has 0 amide bonds. The van der Waals surface area contributed by atoms with Gasteiger partial charge >= 0.3 is 0 Å². The highest BCUT2D eigenvalue weighted by Crippen LogP contribution is 2.33. The average molecular weight is 386 g/mol. The second-order valence-corrected chi connectivity index (χ2v) is 8.11. The number of rotatable bonds is 3. The van der Waals surface area contributed by atoms with Crippen LogP contribution in [0.2, 0.25) is 10.0 Å². The molecule has 24 heavy (non-hydrogen) atoms. The summed E-state index contributed by atoms with van der Waals surface area (Å²) in [5.41, 5.74) is 2.36. The second-order valence-electron chi connectivity index (χ2n) is 5.76. The van der Waals surface area contributed by atoms with Gasteiger partial charge in [0.2, 0.25) is 0 Å². The molecule has 2 N–H and O–H groups in total. The van der Waals surface area contributed by atoms with E-state index in [0.717, 1.165) is 24.0 Å². The summed E-state index contributed by atoms with van der Waals surface area (Å²) < 4.78 is 24.9. The number of aromatic nitrogens is 1. The highest BCUT2D eigenvalue weighted by molar-refractivity contribution is 7.86. The predicted molar refractivity (Wildman–Crippen MR) is 96.1 cm³/mol. The monoisotopic (exact) mass is 385 g/mol. The van der Waals surface area contributed by atoms with Crippen molar-refractivity contribution in [3.05, 3.63) is 52.3 Å². The van der Waals surface area contributed by atoms with E-state index in [4.69, 9.17) is 28.3 Å². The molecule has 0 saturated carbocycles. The van der Waals surface area contributed by atoms with Crippen molar-refractivity contribution in [3.63, 3.8) is 0 Å². The van der Waals surface area contributed by atoms with Crippen molar-refractivity contribution in [1.29, 1.82) is 0 Å². The summed E-state index contributed by atoms with van der Waals surface area (Å²) >= 11 is 12.1. The van der Waals surface area contributed by atoms with Gasteiger partial charge in [-0.1, -0.05) is 41.8 Å². The summed E-state index contributed by atoms with van der Waals surface area (Å²) in [6.45, 7) is 0.427. The van der Waals surface area contributed by atoms with Crippen molar-refractivity contribution < 1.29 is 8.42 Å². The van der Waals surface area contributed by atoms with E-state index in [2.05, 4.69) is 4.98 Å². The van der Waals surface area contributed by atoms with E-state index in [1.807, 2.05) is 18.2 Å². The lowest BCUT2D eigenvalue weighted by molar-refractivity contribution is 0.252. The van der Waals surface area contributed by atoms with Crippen LogP contribution in [-0.4, -0.2) is 24.3 Å². The van der Waals surface area contributed by atoms with Crippen molar-refractivity contribution >= 4 is 33.4 Å². The highest BCUT2D eigenvalue weighted by Gasteiger charge is 2.31. The van der Waals surface area contributed by atoms with Crippen LogP contribution in [0.4, 0.5) is 0 Å². The number of piperidine rings is 1. The van der Waals surface area contributed by atoms with Gasteiger partial charge in [-0.2, -0.15) is 12.7 Å². The van der Waals surface area contributed by atoms with E-state index in [0.29, 0.717) is 28.7 Å². The maximum absolute atomic E-state index is 11.8. The van der Waals surface area contributed by atoms with Gasteiger partial charge in [0.25, 0.3) is 10.2 Å². The summed E-state index contributed by atoms with van der Waals surface area (Å²) in [6.07, 6.45) is 4.17. The molecule has 128 valence electrons. The van der Waals surface area contributed by atoms with E-state index in [-0.39, 0.29) is 6.04 Å². The molecular weight excluding hydrogens is 369 g/mol. The quantitative estimate of drug-likeness (QED) is 0.872. The standard InChI is InChI=1S/C16H17Cl2N3O2S/c17-12-5-6-13(14(18)9-12)11-4-7-15(20-10-11)16-3-1-2-8-21(16)24(19,22)23/h4-7,9-10,16H,1-3,8H2,(H2,19,22,23). The van der Waals surface area contributed by atoms with Gasteiger partial charge in [-0.3, -0.25) is 4.98 Å². The summed E-state index contributed by atoms with van der Waals surface area (Å²) in [4.78, 5) is 4.45. The van der Waals surface area contributed by atoms with Crippen LogP contribution in [0.1, 0.15) is 31.0 Å². The van der Waals surface area contributed by atoms with E-state index in [1.165, 1.54) is 4.31 Å². The first kappa shape index (κ1) is 17.6. The molecule has 0 bridgehead atoms. The van der Waals surface area contributed by atoms with E-state index < -0.39 is 10.2 Å². The smallest absolute Gasteiger partial charge is 0.259 e. The van der Waals surface area contributed by atoms with Crippen molar-refractivity contribution in [3.8, 4) is 11.1 Å². The summed E-state index contributed by atoms with van der Waals surface area (Å²) in [6, 6.07) is 8.67. The molecule has 2 aromatic rings. The summed E-state index contributed by atoms with van der Waals surface area (Å²) in [7, 11) is -3.74. The third-order valence-corrected chi connectivity index (χ3v) is 5.79. The van der Waals surface area contributed by atoms with Crippen molar-refractivity contribution in [1.82, 2.24) is 9.29 Å². The molecule has 0 spiro atoms. The molecule has 1 unspecified atom stereocenters. The van der Waals surface area contributed by atoms with E-state index in [1.54, 1.807) is 18.3 Å². The minimum atomic E-state index is -3.74. The molecule has 2 heterocycles. The van der Waals surface area contributed by atoms with Gasteiger partial charge < -0.3 is 0 Å². The Kier molecular flexibility index (Phi) is 5.13. The molecule has 0 radical (unpaired) electrons. The van der Waals surface area contributed by atoms with Crippen LogP contribution in [0.5, 0.6) is 0 Å². The first-order valence-corrected chi connectivity index (χ1v) is 9.83. The fourth-order valence-electron chi connectivity index (χ4n) is 2.99. The summed E-state index contributed by atoms with van der Waals surface area (Å²) in [5, 5.41) is 6.44. The van der Waals surface area contributed by atoms with Gasteiger partial charge in [0.15, 0.2) is 0 Å². The van der Waals surface area contributed by atoms with Crippen molar-refractivity contribution in [2.24, 2.45) is 5.14 Å². The minimum absolute atomic E-state index is 0.316. The Hall–Kier alpha value is -1.18. The molecule has 1 atom stereocenters. The Labute approximate surface area is 151 Å². The lowest BCUT2D eigenvalue weighted by atomic mass is 10.0. The van der Waals surface area contributed by atoms with Gasteiger partial charge in [0, 0.05) is 33.9 Å². The number of hydrogen-bond acceptors (Lipinski definition) is 3. The average Bonchev–Trinajstić information content (AvgIpc) is 2.54. The number of benzene rings is 1. The zero-order chi connectivity index (χ0) is 17.3. The van der Waals surface area contributed by atoms with Gasteiger partial charge in [0.1, 0.15) is 0 Å². The topological polar surface area (TPSA) is 76.3 Å². The van der Waals surface area contributed by atoms with Crippen LogP contribution in [-0.2, 0) is 10.2 Å². The van der Waals surface area contributed by atoms with Crippen LogP contribution in [0, 0.1) is 0 Å². The molecule has 1 fully saturated rings. The van der Waals surface area contributed by atoms with Crippen molar-refractivity contribution in [2.75, 3.05) is 6.54 Å². The SMILES string of the molecule is NS(=O)(=O)N1CCCCC1c1ccc(-c2ccc(Cl)cc2Cl)cn1. The van der Waals surface area contributed by atoms with Crippen LogP contribution in [0.25, 0.3) is 11.1 Å². The molecule has 1 aliphatic heterocycles. The van der Waals surface area contributed by atoms with Gasteiger partial charge in [-0.25, -0.2) is 5.14 Å². The normalized spacial score (nSPS) is 19.4. The zero-order valence-electron chi connectivity index (χ0n) is 12.8. The van der Waals surface area contributed by atoms with Gasteiger partial charge in [0.05, 0.1) is 11.7 Å². The Morgan fingerprint density at radius 3 is 2.58 bits per heavy atom. The highest BCUT2D eigenvalue weighted by atomic mass is 35.5. The largest absolute Gasteiger partial charge is 0.277 e. The van der Waals surface area contributed by atoms with Crippen molar-refractivity contribution in [2.45, 2.75) is 25.3 Å². The van der Waals surface area contributed by atoms with E-state index >= 15 is 0 Å². The first-order chi connectivity index (χ1) is 11.4. The zero-order valence-corrected chi connectivity index (χ0v) is 15.2. The Morgan fingerprint density at radius 1 is 1.17 bits per heavy atom. The molecule has 3 rings (SSSR count). The van der Waals surface area contributed by atoms with Crippen LogP contribution in [0.3, 0.4) is 0 Å². The van der Waals surface area contributed by atoms with Gasteiger partial charge in [-0.15, -0.1) is 0 Å². The fraction of sp³-hybridized carbons (Fsp3) is 0.312. The fourth-order valence-corrected chi connectivity index (χ4v) is 4.46. The maximum atomic E-state index is 11.8. The second kappa shape index (κ2) is 6.98. The van der Waals surface area contributed by atoms with Crippen LogP contribution >= 0.6 is 23.2 Å². The Balaban J connectivity index is 1.91. The molecule has 1 aromatic heterocycles.